The molecule has 0 aliphatic rings. The van der Waals surface area contributed by atoms with Gasteiger partial charge in [-0.15, -0.1) is 11.8 Å². The molecule has 6 nitrogen and oxygen atoms in total. The van der Waals surface area contributed by atoms with E-state index in [0.717, 1.165) is 11.1 Å². The average molecular weight is 572 g/mol. The van der Waals surface area contributed by atoms with Crippen LogP contribution in [0.1, 0.15) is 31.8 Å². The van der Waals surface area contributed by atoms with Crippen LogP contribution in [-0.2, 0) is 4.79 Å². The molecule has 3 rings (SSSR count). The molecule has 11 heteroatoms. The standard InChI is InChI=1S/C24H18Cl4N2O4S/c1-11-6-7-14(8-12(11)2)29-16(31)10-35-15-5-3-4-13(9-15)30-23(32)17-18(24(33)34)20(26)22(28)21(27)19(17)25/h3-9H,10H2,1-2H3,(H,29,31)(H,30,32)(H,33,34). The van der Waals surface area contributed by atoms with Crippen LogP contribution in [0.3, 0.4) is 0 Å². The first-order chi connectivity index (χ1) is 16.5. The average Bonchev–Trinajstić information content (AvgIpc) is 2.80. The Morgan fingerprint density at radius 3 is 2.06 bits per heavy atom. The molecule has 3 N–H and O–H groups in total. The molecule has 0 fully saturated rings. The summed E-state index contributed by atoms with van der Waals surface area (Å²) in [4.78, 5) is 37.7. The zero-order valence-corrected chi connectivity index (χ0v) is 22.2. The Balaban J connectivity index is 1.73. The molecule has 182 valence electrons. The number of carbonyl (C=O) groups excluding carboxylic acids is 2. The van der Waals surface area contributed by atoms with Crippen molar-refractivity contribution >= 4 is 87.3 Å². The molecule has 0 atom stereocenters. The lowest BCUT2D eigenvalue weighted by atomic mass is 10.1. The normalized spacial score (nSPS) is 10.7. The maximum absolute atomic E-state index is 12.9. The van der Waals surface area contributed by atoms with Crippen LogP contribution in [0.5, 0.6) is 0 Å². The quantitative estimate of drug-likeness (QED) is 0.154. The largest absolute Gasteiger partial charge is 0.478 e. The zero-order chi connectivity index (χ0) is 25.9. The van der Waals surface area contributed by atoms with Crippen LogP contribution in [0, 0.1) is 13.8 Å². The van der Waals surface area contributed by atoms with Crippen LogP contribution < -0.4 is 10.6 Å². The zero-order valence-electron chi connectivity index (χ0n) is 18.3. The number of benzene rings is 3. The lowest BCUT2D eigenvalue weighted by Crippen LogP contribution is -2.18. The van der Waals surface area contributed by atoms with Crippen molar-refractivity contribution in [3.05, 3.63) is 84.8 Å². The van der Waals surface area contributed by atoms with E-state index in [2.05, 4.69) is 10.6 Å². The summed E-state index contributed by atoms with van der Waals surface area (Å²) in [6, 6.07) is 12.4. The Morgan fingerprint density at radius 2 is 1.43 bits per heavy atom. The van der Waals surface area contributed by atoms with Gasteiger partial charge in [0.2, 0.25) is 5.91 Å². The van der Waals surface area contributed by atoms with Crippen LogP contribution in [0.15, 0.2) is 47.4 Å². The van der Waals surface area contributed by atoms with E-state index in [4.69, 9.17) is 46.4 Å². The number of hydrogen-bond acceptors (Lipinski definition) is 4. The van der Waals surface area contributed by atoms with Gasteiger partial charge in [-0.3, -0.25) is 9.59 Å². The number of hydrogen-bond donors (Lipinski definition) is 3. The number of thioether (sulfide) groups is 1. The van der Waals surface area contributed by atoms with Crippen molar-refractivity contribution in [3.8, 4) is 0 Å². The molecular weight excluding hydrogens is 554 g/mol. The number of carboxylic acids is 1. The number of carboxylic acid groups (broad SMARTS) is 1. The van der Waals surface area contributed by atoms with E-state index in [9.17, 15) is 19.5 Å². The van der Waals surface area contributed by atoms with Gasteiger partial charge < -0.3 is 15.7 Å². The Bertz CT molecular complexity index is 1350. The highest BCUT2D eigenvalue weighted by Crippen LogP contribution is 2.41. The summed E-state index contributed by atoms with van der Waals surface area (Å²) in [5.41, 5.74) is 2.31. The molecule has 0 bridgehead atoms. The third-order valence-electron chi connectivity index (χ3n) is 4.96. The summed E-state index contributed by atoms with van der Waals surface area (Å²) in [6.07, 6.45) is 0. The summed E-state index contributed by atoms with van der Waals surface area (Å²) < 4.78 is 0. The topological polar surface area (TPSA) is 95.5 Å². The van der Waals surface area contributed by atoms with Gasteiger partial charge in [-0.05, 0) is 55.3 Å². The fourth-order valence-electron chi connectivity index (χ4n) is 3.07. The van der Waals surface area contributed by atoms with Crippen molar-refractivity contribution in [2.75, 3.05) is 16.4 Å². The third-order valence-corrected chi connectivity index (χ3v) is 7.76. The maximum Gasteiger partial charge on any atom is 0.338 e. The van der Waals surface area contributed by atoms with Gasteiger partial charge in [0, 0.05) is 16.3 Å². The Morgan fingerprint density at radius 1 is 0.800 bits per heavy atom. The predicted octanol–water partition coefficient (Wildman–Crippen LogP) is 7.60. The van der Waals surface area contributed by atoms with Gasteiger partial charge in [0.25, 0.3) is 5.91 Å². The van der Waals surface area contributed by atoms with Crippen molar-refractivity contribution < 1.29 is 19.5 Å². The van der Waals surface area contributed by atoms with E-state index in [1.165, 1.54) is 11.8 Å². The first-order valence-corrected chi connectivity index (χ1v) is 12.5. The van der Waals surface area contributed by atoms with Gasteiger partial charge in [0.1, 0.15) is 0 Å². The molecule has 2 amide bonds. The first kappa shape index (κ1) is 27.2. The van der Waals surface area contributed by atoms with E-state index in [1.54, 1.807) is 24.3 Å². The Kier molecular flexibility index (Phi) is 8.96. The first-order valence-electron chi connectivity index (χ1n) is 10.00. The van der Waals surface area contributed by atoms with Gasteiger partial charge in [0.15, 0.2) is 0 Å². The van der Waals surface area contributed by atoms with Gasteiger partial charge in [0.05, 0.1) is 37.0 Å². The fourth-order valence-corrected chi connectivity index (χ4v) is 4.84. The van der Waals surface area contributed by atoms with Crippen molar-refractivity contribution in [3.63, 3.8) is 0 Å². The van der Waals surface area contributed by atoms with Crippen molar-refractivity contribution in [2.45, 2.75) is 18.7 Å². The lowest BCUT2D eigenvalue weighted by Gasteiger charge is -2.14. The van der Waals surface area contributed by atoms with Crippen LogP contribution >= 0.6 is 58.2 Å². The minimum atomic E-state index is -1.49. The Labute approximate surface area is 225 Å². The number of anilines is 2. The minimum absolute atomic E-state index is 0.141. The van der Waals surface area contributed by atoms with Crippen molar-refractivity contribution in [1.29, 1.82) is 0 Å². The monoisotopic (exact) mass is 570 g/mol. The smallest absolute Gasteiger partial charge is 0.338 e. The van der Waals surface area contributed by atoms with E-state index in [1.807, 2.05) is 32.0 Å². The second-order valence-corrected chi connectivity index (χ2v) is 9.99. The molecule has 0 heterocycles. The van der Waals surface area contributed by atoms with Crippen LogP contribution in [0.25, 0.3) is 0 Å². The lowest BCUT2D eigenvalue weighted by molar-refractivity contribution is -0.113. The second kappa shape index (κ2) is 11.5. The SMILES string of the molecule is Cc1ccc(NC(=O)CSc2cccc(NC(=O)c3c(Cl)c(Cl)c(Cl)c(Cl)c3C(=O)O)c2)cc1C. The molecule has 0 aliphatic heterocycles. The number of carbonyl (C=O) groups is 3. The summed E-state index contributed by atoms with van der Waals surface area (Å²) >= 11 is 25.4. The van der Waals surface area contributed by atoms with Crippen LogP contribution in [0.4, 0.5) is 11.4 Å². The van der Waals surface area contributed by atoms with Gasteiger partial charge in [-0.1, -0.05) is 58.5 Å². The van der Waals surface area contributed by atoms with Crippen molar-refractivity contribution in [2.24, 2.45) is 0 Å². The van der Waals surface area contributed by atoms with Gasteiger partial charge in [-0.25, -0.2) is 4.79 Å². The third kappa shape index (κ3) is 6.42. The molecule has 0 aliphatic carbocycles. The molecule has 0 saturated heterocycles. The Hall–Kier alpha value is -2.42. The van der Waals surface area contributed by atoms with E-state index in [0.29, 0.717) is 16.3 Å². The molecular formula is C24H18Cl4N2O4S. The number of aryl methyl sites for hydroxylation is 2. The molecule has 0 unspecified atom stereocenters. The van der Waals surface area contributed by atoms with E-state index >= 15 is 0 Å². The molecule has 0 radical (unpaired) electrons. The van der Waals surface area contributed by atoms with E-state index in [-0.39, 0.29) is 26.7 Å². The number of nitrogens with one attached hydrogen (secondary N) is 2. The molecule has 35 heavy (non-hydrogen) atoms. The molecule has 3 aromatic rings. The minimum Gasteiger partial charge on any atom is -0.478 e. The number of rotatable bonds is 7. The molecule has 0 spiro atoms. The molecule has 3 aromatic carbocycles. The highest BCUT2D eigenvalue weighted by molar-refractivity contribution is 8.00. The number of aromatic carboxylic acids is 1. The maximum atomic E-state index is 12.9. The summed E-state index contributed by atoms with van der Waals surface area (Å²) in [5.74, 6) is -2.36. The van der Waals surface area contributed by atoms with E-state index < -0.39 is 28.0 Å². The number of halogens is 4. The summed E-state index contributed by atoms with van der Waals surface area (Å²) in [7, 11) is 0. The highest BCUT2D eigenvalue weighted by Gasteiger charge is 2.29. The summed E-state index contributed by atoms with van der Waals surface area (Å²) in [5, 5.41) is 13.8. The van der Waals surface area contributed by atoms with Crippen molar-refractivity contribution in [1.82, 2.24) is 0 Å². The number of amides is 2. The fraction of sp³-hybridized carbons (Fsp3) is 0.125. The van der Waals surface area contributed by atoms with Gasteiger partial charge in [-0.2, -0.15) is 0 Å². The second-order valence-electron chi connectivity index (χ2n) is 7.43. The predicted molar refractivity (Wildman–Crippen MR) is 143 cm³/mol. The summed E-state index contributed by atoms with van der Waals surface area (Å²) in [6.45, 7) is 3.97. The van der Waals surface area contributed by atoms with Crippen LogP contribution in [0.2, 0.25) is 20.1 Å². The highest BCUT2D eigenvalue weighted by atomic mass is 35.5. The van der Waals surface area contributed by atoms with Gasteiger partial charge >= 0.3 is 5.97 Å². The molecule has 0 aromatic heterocycles. The molecule has 0 saturated carbocycles. The van der Waals surface area contributed by atoms with Crippen LogP contribution in [-0.4, -0.2) is 28.6 Å².